The monoisotopic (exact) mass is 327 g/mol. The third-order valence-corrected chi connectivity index (χ3v) is 2.97. The van der Waals surface area contributed by atoms with E-state index in [9.17, 15) is 13.6 Å². The fourth-order valence-corrected chi connectivity index (χ4v) is 1.95. The van der Waals surface area contributed by atoms with E-state index in [4.69, 9.17) is 11.6 Å². The van der Waals surface area contributed by atoms with E-state index in [1.54, 1.807) is 0 Å². The second kappa shape index (κ2) is 6.26. The number of hydrogen-bond donors (Lipinski definition) is 0. The molecule has 1 aromatic rings. The normalized spacial score (nSPS) is 10.7. The van der Waals surface area contributed by atoms with Gasteiger partial charge in [-0.25, -0.2) is 13.8 Å². The van der Waals surface area contributed by atoms with Gasteiger partial charge in [0.1, 0.15) is 5.69 Å². The molecule has 0 saturated carbocycles. The van der Waals surface area contributed by atoms with Crippen LogP contribution in [0, 0.1) is 0 Å². The average Bonchev–Trinajstić information content (AvgIpc) is 2.30. The summed E-state index contributed by atoms with van der Waals surface area (Å²) in [6.07, 6.45) is -2.93. The topological polar surface area (TPSA) is 39.2 Å². The van der Waals surface area contributed by atoms with Crippen molar-refractivity contribution in [1.29, 1.82) is 0 Å². The number of alkyl halides is 3. The summed E-state index contributed by atoms with van der Waals surface area (Å²) < 4.78 is 29.6. The minimum atomic E-state index is -2.77. The Balaban J connectivity index is 3.16. The smallest absolute Gasteiger partial charge is 0.311 e. The summed E-state index contributed by atoms with van der Waals surface area (Å²) in [5, 5.41) is 0.262. The van der Waals surface area contributed by atoms with Crippen molar-refractivity contribution in [2.24, 2.45) is 0 Å². The van der Waals surface area contributed by atoms with E-state index < -0.39 is 18.1 Å². The molecule has 94 valence electrons. The highest BCUT2D eigenvalue weighted by Crippen LogP contribution is 2.28. The van der Waals surface area contributed by atoms with Crippen molar-refractivity contribution >= 4 is 33.5 Å². The molecule has 0 aliphatic heterocycles. The van der Waals surface area contributed by atoms with Crippen LogP contribution in [0.4, 0.5) is 8.78 Å². The molecule has 0 atom stereocenters. The number of aromatic nitrogens is 1. The summed E-state index contributed by atoms with van der Waals surface area (Å²) in [6.45, 7) is 0. The van der Waals surface area contributed by atoms with Gasteiger partial charge in [0.2, 0.25) is 0 Å². The lowest BCUT2D eigenvalue weighted by Crippen LogP contribution is -2.10. The average molecular weight is 329 g/mol. The van der Waals surface area contributed by atoms with Crippen molar-refractivity contribution in [3.8, 4) is 0 Å². The molecular weight excluding hydrogens is 319 g/mol. The van der Waals surface area contributed by atoms with E-state index in [1.807, 2.05) is 0 Å². The molecule has 1 aromatic heterocycles. The summed E-state index contributed by atoms with van der Waals surface area (Å²) in [5.41, 5.74) is 0.313. The van der Waals surface area contributed by atoms with E-state index in [1.165, 1.54) is 13.2 Å². The number of carbonyl (C=O) groups excluding carboxylic acids is 1. The molecule has 17 heavy (non-hydrogen) atoms. The molecule has 1 rings (SSSR count). The van der Waals surface area contributed by atoms with Crippen molar-refractivity contribution in [1.82, 2.24) is 4.98 Å². The summed E-state index contributed by atoms with van der Waals surface area (Å²) >= 11 is 8.84. The number of nitrogens with zero attached hydrogens (tertiary/aromatic N) is 1. The molecule has 0 radical (unpaired) electrons. The van der Waals surface area contributed by atoms with Crippen LogP contribution >= 0.6 is 27.5 Å². The Kier molecular flexibility index (Phi) is 5.27. The van der Waals surface area contributed by atoms with Crippen molar-refractivity contribution in [2.45, 2.75) is 18.2 Å². The number of pyridine rings is 1. The van der Waals surface area contributed by atoms with E-state index in [0.717, 1.165) is 0 Å². The number of carbonyl (C=O) groups is 1. The Labute approximate surface area is 110 Å². The predicted molar refractivity (Wildman–Crippen MR) is 62.6 cm³/mol. The van der Waals surface area contributed by atoms with Crippen LogP contribution < -0.4 is 0 Å². The molecule has 1 heterocycles. The van der Waals surface area contributed by atoms with Crippen LogP contribution in [0.1, 0.15) is 23.4 Å². The fourth-order valence-electron chi connectivity index (χ4n) is 1.21. The van der Waals surface area contributed by atoms with Gasteiger partial charge in [-0.2, -0.15) is 0 Å². The lowest BCUT2D eigenvalue weighted by Gasteiger charge is -2.10. The van der Waals surface area contributed by atoms with Gasteiger partial charge in [-0.3, -0.25) is 4.79 Å². The van der Waals surface area contributed by atoms with Crippen molar-refractivity contribution in [2.75, 3.05) is 7.11 Å². The van der Waals surface area contributed by atoms with Crippen molar-refractivity contribution in [3.05, 3.63) is 28.0 Å². The molecule has 0 spiro atoms. The molecule has 0 fully saturated rings. The molecule has 0 saturated heterocycles. The highest BCUT2D eigenvalue weighted by molar-refractivity contribution is 9.08. The summed E-state index contributed by atoms with van der Waals surface area (Å²) in [5.74, 6) is -0.540. The largest absolute Gasteiger partial charge is 0.469 e. The van der Waals surface area contributed by atoms with E-state index in [2.05, 4.69) is 25.7 Å². The van der Waals surface area contributed by atoms with E-state index in [0.29, 0.717) is 10.9 Å². The van der Waals surface area contributed by atoms with E-state index in [-0.39, 0.29) is 17.1 Å². The first-order valence-corrected chi connectivity index (χ1v) is 6.08. The third kappa shape index (κ3) is 3.61. The Bertz CT molecular complexity index is 429. The van der Waals surface area contributed by atoms with Gasteiger partial charge in [0.25, 0.3) is 6.43 Å². The number of ether oxygens (including phenoxy) is 1. The van der Waals surface area contributed by atoms with Gasteiger partial charge in [-0.15, -0.1) is 0 Å². The lowest BCUT2D eigenvalue weighted by molar-refractivity contribution is -0.139. The molecule has 0 bridgehead atoms. The maximum atomic E-state index is 12.6. The molecule has 3 nitrogen and oxygen atoms in total. The van der Waals surface area contributed by atoms with Crippen LogP contribution in [-0.4, -0.2) is 18.1 Å². The van der Waals surface area contributed by atoms with Gasteiger partial charge in [0, 0.05) is 5.33 Å². The summed E-state index contributed by atoms with van der Waals surface area (Å²) in [7, 11) is 1.22. The minimum absolute atomic E-state index is 0.108. The van der Waals surface area contributed by atoms with Crippen LogP contribution in [0.15, 0.2) is 6.07 Å². The SMILES string of the molecule is COC(=O)Cc1nc(C(F)F)c(Cl)cc1CBr. The summed E-state index contributed by atoms with van der Waals surface area (Å²) in [4.78, 5) is 14.8. The fraction of sp³-hybridized carbons (Fsp3) is 0.400. The number of esters is 1. The van der Waals surface area contributed by atoms with Gasteiger partial charge in [-0.1, -0.05) is 27.5 Å². The molecular formula is C10H9BrClF2NO2. The molecule has 0 aliphatic rings. The standard InChI is InChI=1S/C10H9BrClF2NO2/c1-17-8(16)3-7-5(4-11)2-6(12)9(15-7)10(13)14/h2,10H,3-4H2,1H3. The summed E-state index contributed by atoms with van der Waals surface area (Å²) in [6, 6.07) is 1.38. The second-order valence-corrected chi connectivity index (χ2v) is 4.12. The Morgan fingerprint density at radius 1 is 1.65 bits per heavy atom. The van der Waals surface area contributed by atoms with Crippen LogP contribution in [0.2, 0.25) is 5.02 Å². The van der Waals surface area contributed by atoms with Crippen LogP contribution in [0.25, 0.3) is 0 Å². The zero-order valence-corrected chi connectivity index (χ0v) is 11.2. The molecule has 0 unspecified atom stereocenters. The Hall–Kier alpha value is -0.750. The zero-order chi connectivity index (χ0) is 13.0. The number of rotatable bonds is 4. The predicted octanol–water partition coefficient (Wildman–Crippen LogP) is 3.28. The van der Waals surface area contributed by atoms with Gasteiger partial charge in [0.15, 0.2) is 0 Å². The van der Waals surface area contributed by atoms with Crippen LogP contribution in [-0.2, 0) is 21.3 Å². The molecule has 0 aromatic carbocycles. The van der Waals surface area contributed by atoms with Gasteiger partial charge >= 0.3 is 5.97 Å². The lowest BCUT2D eigenvalue weighted by atomic mass is 10.1. The highest BCUT2D eigenvalue weighted by atomic mass is 79.9. The molecule has 7 heteroatoms. The number of halogens is 4. The Morgan fingerprint density at radius 3 is 2.76 bits per heavy atom. The highest BCUT2D eigenvalue weighted by Gasteiger charge is 2.19. The zero-order valence-electron chi connectivity index (χ0n) is 8.84. The van der Waals surface area contributed by atoms with Crippen molar-refractivity contribution in [3.63, 3.8) is 0 Å². The molecule has 0 N–H and O–H groups in total. The third-order valence-electron chi connectivity index (χ3n) is 2.06. The van der Waals surface area contributed by atoms with E-state index >= 15 is 0 Å². The van der Waals surface area contributed by atoms with Gasteiger partial charge in [0.05, 0.1) is 24.2 Å². The van der Waals surface area contributed by atoms with Crippen LogP contribution in [0.5, 0.6) is 0 Å². The molecule has 0 amide bonds. The van der Waals surface area contributed by atoms with Gasteiger partial charge in [-0.05, 0) is 11.6 Å². The van der Waals surface area contributed by atoms with Crippen LogP contribution in [0.3, 0.4) is 0 Å². The first-order chi connectivity index (χ1) is 7.99. The first-order valence-electron chi connectivity index (χ1n) is 4.58. The maximum absolute atomic E-state index is 12.6. The minimum Gasteiger partial charge on any atom is -0.469 e. The van der Waals surface area contributed by atoms with Gasteiger partial charge < -0.3 is 4.74 Å². The molecule has 0 aliphatic carbocycles. The number of hydrogen-bond acceptors (Lipinski definition) is 3. The quantitative estimate of drug-likeness (QED) is 0.629. The number of methoxy groups -OCH3 is 1. The Morgan fingerprint density at radius 2 is 2.29 bits per heavy atom. The first kappa shape index (κ1) is 14.3. The second-order valence-electron chi connectivity index (χ2n) is 3.15. The van der Waals surface area contributed by atoms with Crippen molar-refractivity contribution < 1.29 is 18.3 Å². The maximum Gasteiger partial charge on any atom is 0.311 e.